The average Bonchev–Trinajstić information content (AvgIpc) is 3.50. The molecule has 0 unspecified atom stereocenters. The fraction of sp³-hybridized carbons (Fsp3) is 0.412. The van der Waals surface area contributed by atoms with Gasteiger partial charge in [-0.05, 0) is 47.6 Å². The second kappa shape index (κ2) is 9.85. The first-order valence-electron chi connectivity index (χ1n) is 14.2. The Kier molecular flexibility index (Phi) is 6.62. The maximum Gasteiger partial charge on any atom is 0.231 e. The third kappa shape index (κ3) is 3.54. The van der Waals surface area contributed by atoms with Crippen LogP contribution in [0.1, 0.15) is 85.5 Å². The largest absolute Gasteiger partial charge is 0.504 e. The van der Waals surface area contributed by atoms with Crippen LogP contribution in [-0.2, 0) is 9.47 Å². The van der Waals surface area contributed by atoms with Crippen molar-refractivity contribution in [2.24, 2.45) is 0 Å². The van der Waals surface area contributed by atoms with E-state index in [-0.39, 0.29) is 23.3 Å². The van der Waals surface area contributed by atoms with Gasteiger partial charge < -0.3 is 38.6 Å². The molecule has 0 bridgehead atoms. The number of phenolic OH excluding ortho intramolecular Hbond substituents is 2. The van der Waals surface area contributed by atoms with Crippen LogP contribution in [0, 0.1) is 13.8 Å². The van der Waals surface area contributed by atoms with E-state index in [1.165, 1.54) is 0 Å². The highest BCUT2D eigenvalue weighted by molar-refractivity contribution is 6.10. The summed E-state index contributed by atoms with van der Waals surface area (Å²) in [5.41, 5.74) is 6.53. The number of aryl methyl sites for hydroxylation is 2. The van der Waals surface area contributed by atoms with Crippen LogP contribution in [0.15, 0.2) is 12.1 Å². The number of phenols is 2. The van der Waals surface area contributed by atoms with Crippen molar-refractivity contribution >= 4 is 21.5 Å². The van der Waals surface area contributed by atoms with Crippen LogP contribution >= 0.6 is 0 Å². The number of ether oxygens (including phenoxy) is 6. The van der Waals surface area contributed by atoms with E-state index in [2.05, 4.69) is 12.1 Å². The summed E-state index contributed by atoms with van der Waals surface area (Å²) >= 11 is 0. The summed E-state index contributed by atoms with van der Waals surface area (Å²) in [5, 5.41) is 26.2. The van der Waals surface area contributed by atoms with Gasteiger partial charge in [-0.2, -0.15) is 0 Å². The lowest BCUT2D eigenvalue weighted by Gasteiger charge is -2.21. The van der Waals surface area contributed by atoms with Gasteiger partial charge in [-0.15, -0.1) is 0 Å². The van der Waals surface area contributed by atoms with Crippen molar-refractivity contribution in [3.05, 3.63) is 45.5 Å². The van der Waals surface area contributed by atoms with Crippen molar-refractivity contribution < 1.29 is 38.6 Å². The van der Waals surface area contributed by atoms with Crippen LogP contribution in [0.25, 0.3) is 32.7 Å². The molecule has 0 radical (unpaired) electrons. The lowest BCUT2D eigenvalue weighted by atomic mass is 9.84. The first-order valence-corrected chi connectivity index (χ1v) is 14.2. The van der Waals surface area contributed by atoms with E-state index in [1.54, 1.807) is 28.4 Å². The van der Waals surface area contributed by atoms with Gasteiger partial charge in [0.05, 0.1) is 25.3 Å². The molecule has 0 saturated carbocycles. The Morgan fingerprint density at radius 2 is 1.00 bits per heavy atom. The van der Waals surface area contributed by atoms with E-state index >= 15 is 0 Å². The summed E-state index contributed by atoms with van der Waals surface area (Å²) in [6, 6.07) is 4.20. The highest BCUT2D eigenvalue weighted by atomic mass is 16.7. The Morgan fingerprint density at radius 1 is 0.643 bits per heavy atom. The van der Waals surface area contributed by atoms with Gasteiger partial charge >= 0.3 is 0 Å². The molecule has 2 aliphatic rings. The average molecular weight is 575 g/mol. The molecule has 2 heterocycles. The Morgan fingerprint density at radius 3 is 1.29 bits per heavy atom. The zero-order valence-electron chi connectivity index (χ0n) is 25.8. The maximum absolute atomic E-state index is 11.3. The van der Waals surface area contributed by atoms with E-state index in [0.717, 1.165) is 54.9 Å². The lowest BCUT2D eigenvalue weighted by molar-refractivity contribution is -0.0492. The second-order valence-corrected chi connectivity index (χ2v) is 11.7. The van der Waals surface area contributed by atoms with Crippen LogP contribution in [0.5, 0.6) is 34.5 Å². The number of hydrogen-bond donors (Lipinski definition) is 2. The summed E-state index contributed by atoms with van der Waals surface area (Å²) in [6.07, 6.45) is -1.54. The molecule has 4 aromatic carbocycles. The van der Waals surface area contributed by atoms with E-state index in [1.807, 2.05) is 41.5 Å². The van der Waals surface area contributed by atoms with Gasteiger partial charge in [0.1, 0.15) is 11.5 Å². The van der Waals surface area contributed by atoms with Gasteiger partial charge in [0.2, 0.25) is 12.6 Å². The van der Waals surface area contributed by atoms with Crippen molar-refractivity contribution in [2.45, 2.75) is 66.0 Å². The zero-order valence-corrected chi connectivity index (χ0v) is 25.8. The molecule has 2 atom stereocenters. The summed E-state index contributed by atoms with van der Waals surface area (Å²) in [7, 11) is 6.25. The maximum atomic E-state index is 11.3. The Balaban J connectivity index is 1.79. The first-order chi connectivity index (χ1) is 20.0. The van der Waals surface area contributed by atoms with E-state index < -0.39 is 12.6 Å². The summed E-state index contributed by atoms with van der Waals surface area (Å²) in [4.78, 5) is 0. The quantitative estimate of drug-likeness (QED) is 0.229. The third-order valence-corrected chi connectivity index (χ3v) is 8.67. The minimum absolute atomic E-state index is 0.0237. The van der Waals surface area contributed by atoms with Crippen LogP contribution in [-0.4, -0.2) is 38.7 Å². The highest BCUT2D eigenvalue weighted by Gasteiger charge is 2.41. The second-order valence-electron chi connectivity index (χ2n) is 11.7. The number of methoxy groups -OCH3 is 4. The number of aromatic hydroxyl groups is 2. The zero-order chi connectivity index (χ0) is 30.4. The SMILES string of the molecule is COc1c(O)c(C(C)C)c2cc(C)c(-c3c(C)cc4c(C(C)C)c(O)c(OC)c5c4c3O[C@@H]5OC)c3c2c1[C@@H](OC)O3. The van der Waals surface area contributed by atoms with Gasteiger partial charge in [-0.1, -0.05) is 39.8 Å². The van der Waals surface area contributed by atoms with Crippen LogP contribution in [0.2, 0.25) is 0 Å². The first kappa shape index (κ1) is 28.2. The molecule has 0 aliphatic carbocycles. The fourth-order valence-electron chi connectivity index (χ4n) is 7.07. The Labute approximate surface area is 245 Å². The molecule has 0 saturated heterocycles. The number of rotatable bonds is 7. The molecule has 0 aromatic heterocycles. The van der Waals surface area contributed by atoms with Gasteiger partial charge in [-0.25, -0.2) is 0 Å². The number of benzene rings is 4. The van der Waals surface area contributed by atoms with E-state index in [9.17, 15) is 10.2 Å². The van der Waals surface area contributed by atoms with Crippen molar-refractivity contribution in [3.8, 4) is 45.6 Å². The lowest BCUT2D eigenvalue weighted by Crippen LogP contribution is -2.07. The van der Waals surface area contributed by atoms with Crippen molar-refractivity contribution in [1.82, 2.24) is 0 Å². The van der Waals surface area contributed by atoms with Crippen molar-refractivity contribution in [1.29, 1.82) is 0 Å². The molecule has 2 aliphatic heterocycles. The monoisotopic (exact) mass is 574 g/mol. The molecule has 0 amide bonds. The topological polar surface area (TPSA) is 95.8 Å². The third-order valence-electron chi connectivity index (χ3n) is 8.67. The summed E-state index contributed by atoms with van der Waals surface area (Å²) < 4.78 is 36.2. The molecule has 0 fully saturated rings. The van der Waals surface area contributed by atoms with Crippen LogP contribution in [0.3, 0.4) is 0 Å². The molecule has 42 heavy (non-hydrogen) atoms. The van der Waals surface area contributed by atoms with Crippen molar-refractivity contribution in [3.63, 3.8) is 0 Å². The molecule has 6 rings (SSSR count). The van der Waals surface area contributed by atoms with Gasteiger partial charge in [0.15, 0.2) is 23.0 Å². The van der Waals surface area contributed by atoms with Crippen molar-refractivity contribution in [2.75, 3.05) is 28.4 Å². The predicted molar refractivity (Wildman–Crippen MR) is 162 cm³/mol. The smallest absolute Gasteiger partial charge is 0.231 e. The Bertz CT molecular complexity index is 1650. The molecule has 4 aromatic rings. The fourth-order valence-corrected chi connectivity index (χ4v) is 7.07. The predicted octanol–water partition coefficient (Wildman–Crippen LogP) is 8.03. The van der Waals surface area contributed by atoms with E-state index in [0.29, 0.717) is 34.1 Å². The summed E-state index contributed by atoms with van der Waals surface area (Å²) in [5.74, 6) is 2.25. The molecular weight excluding hydrogens is 536 g/mol. The molecule has 8 heteroatoms. The van der Waals surface area contributed by atoms with Gasteiger partial charge in [-0.3, -0.25) is 0 Å². The normalized spacial score (nSPS) is 17.0. The minimum Gasteiger partial charge on any atom is -0.504 e. The molecule has 8 nitrogen and oxygen atoms in total. The van der Waals surface area contributed by atoms with E-state index in [4.69, 9.17) is 28.4 Å². The molecule has 222 valence electrons. The van der Waals surface area contributed by atoms with Crippen LogP contribution < -0.4 is 18.9 Å². The van der Waals surface area contributed by atoms with Gasteiger partial charge in [0.25, 0.3) is 0 Å². The molecular formula is C34H38O8. The Hall–Kier alpha value is -3.88. The standard InChI is InChI=1S/C34H38O8/c1-13(2)19-17-11-15(5)21(29-23(17)25(33(39-9)41-29)31(37-7)27(19)35)22-16(6)12-18-20(14(3)4)28(36)32(38-8)26-24(18)30(22)42-34(26)40-10/h11-14,33-36H,1-10H3/t33-,34-/m0/s1. The molecule has 0 spiro atoms. The number of hydrogen-bond acceptors (Lipinski definition) is 8. The highest BCUT2D eigenvalue weighted by Crippen LogP contribution is 2.61. The summed E-state index contributed by atoms with van der Waals surface area (Å²) in [6.45, 7) is 12.3. The van der Waals surface area contributed by atoms with Crippen LogP contribution in [0.4, 0.5) is 0 Å². The minimum atomic E-state index is -0.771. The van der Waals surface area contributed by atoms with Gasteiger partial charge in [0, 0.05) is 47.2 Å². The molecule has 2 N–H and O–H groups in total.